The minimum absolute atomic E-state index is 0.145. The van der Waals surface area contributed by atoms with Crippen molar-refractivity contribution in [2.75, 3.05) is 0 Å². The second-order valence-corrected chi connectivity index (χ2v) is 7.99. The number of hydrogen-bond acceptors (Lipinski definition) is 7. The Kier molecular flexibility index (Phi) is 6.21. The van der Waals surface area contributed by atoms with Crippen LogP contribution in [0.25, 0.3) is 22.3 Å². The van der Waals surface area contributed by atoms with Crippen LogP contribution < -0.4 is 10.3 Å². The van der Waals surface area contributed by atoms with E-state index in [4.69, 9.17) is 16.3 Å². The van der Waals surface area contributed by atoms with Crippen molar-refractivity contribution in [2.45, 2.75) is 0 Å². The van der Waals surface area contributed by atoms with Crippen LogP contribution in [-0.4, -0.2) is 25.8 Å². The first-order valence-electron chi connectivity index (χ1n) is 10.7. The van der Waals surface area contributed by atoms with E-state index in [0.29, 0.717) is 28.0 Å². The Morgan fingerprint density at radius 3 is 2.50 bits per heavy atom. The molecule has 0 amide bonds. The summed E-state index contributed by atoms with van der Waals surface area (Å²) in [5.74, 6) is 0.876. The highest BCUT2D eigenvalue weighted by molar-refractivity contribution is 6.32. The molecule has 176 valence electrons. The van der Waals surface area contributed by atoms with Gasteiger partial charge in [-0.25, -0.2) is 9.97 Å². The van der Waals surface area contributed by atoms with Gasteiger partial charge < -0.3 is 4.74 Å². The molecule has 9 nitrogen and oxygen atoms in total. The largest absolute Gasteiger partial charge is 0.437 e. The van der Waals surface area contributed by atoms with Gasteiger partial charge in [0, 0.05) is 17.7 Å². The summed E-state index contributed by atoms with van der Waals surface area (Å²) in [5, 5.41) is 15.9. The molecule has 0 aliphatic heterocycles. The summed E-state index contributed by atoms with van der Waals surface area (Å²) >= 11 is 6.38. The van der Waals surface area contributed by atoms with Crippen molar-refractivity contribution < 1.29 is 9.66 Å². The molecule has 5 rings (SSSR count). The van der Waals surface area contributed by atoms with Crippen LogP contribution in [-0.2, 0) is 0 Å². The quantitative estimate of drug-likeness (QED) is 0.169. The summed E-state index contributed by atoms with van der Waals surface area (Å²) in [6.07, 6.45) is 2.61. The number of para-hydroxylation sites is 1. The van der Waals surface area contributed by atoms with Crippen LogP contribution in [0.15, 0.2) is 101 Å². The molecule has 2 aromatic heterocycles. The summed E-state index contributed by atoms with van der Waals surface area (Å²) < 4.78 is 6.89. The van der Waals surface area contributed by atoms with Gasteiger partial charge in [0.15, 0.2) is 5.82 Å². The molecular weight excluding hydrogens is 482 g/mol. The predicted molar refractivity (Wildman–Crippen MR) is 137 cm³/mol. The van der Waals surface area contributed by atoms with Gasteiger partial charge >= 0.3 is 0 Å². The van der Waals surface area contributed by atoms with Crippen molar-refractivity contribution in [3.05, 3.63) is 122 Å². The zero-order valence-electron chi connectivity index (χ0n) is 18.5. The number of halogens is 1. The van der Waals surface area contributed by atoms with Gasteiger partial charge in [-0.05, 0) is 35.9 Å². The first-order valence-corrected chi connectivity index (χ1v) is 11.1. The normalized spacial score (nSPS) is 11.1. The Labute approximate surface area is 209 Å². The third kappa shape index (κ3) is 4.68. The third-order valence-corrected chi connectivity index (χ3v) is 5.51. The molecule has 2 heterocycles. The number of nitrogens with zero attached hydrogens (tertiary/aromatic N) is 5. The summed E-state index contributed by atoms with van der Waals surface area (Å²) in [6.45, 7) is 0. The number of rotatable bonds is 6. The molecule has 0 radical (unpaired) electrons. The standard InChI is InChI=1S/C26H16ClN5O4/c27-21-14-17(10-12-23(21)36-24-13-11-19(16-28-24)32(34)35)15-29-31-25(18-6-2-1-3-7-18)30-22-9-5-4-8-20(22)26(31)33/h1-16H. The van der Waals surface area contributed by atoms with Crippen LogP contribution in [0.3, 0.4) is 0 Å². The zero-order valence-corrected chi connectivity index (χ0v) is 19.2. The number of aromatic nitrogens is 3. The van der Waals surface area contributed by atoms with Crippen molar-refractivity contribution in [1.82, 2.24) is 14.6 Å². The lowest BCUT2D eigenvalue weighted by molar-refractivity contribution is -0.385. The maximum atomic E-state index is 13.2. The van der Waals surface area contributed by atoms with Crippen LogP contribution in [0.1, 0.15) is 5.56 Å². The topological polar surface area (TPSA) is 113 Å². The molecule has 0 saturated carbocycles. The van der Waals surface area contributed by atoms with E-state index in [0.717, 1.165) is 11.8 Å². The minimum Gasteiger partial charge on any atom is -0.437 e. The van der Waals surface area contributed by atoms with Crippen LogP contribution in [0.4, 0.5) is 5.69 Å². The predicted octanol–water partition coefficient (Wildman–Crippen LogP) is 5.69. The average molecular weight is 498 g/mol. The Hall–Kier alpha value is -4.89. The van der Waals surface area contributed by atoms with Crippen molar-refractivity contribution in [1.29, 1.82) is 0 Å². The van der Waals surface area contributed by atoms with Crippen LogP contribution in [0, 0.1) is 10.1 Å². The van der Waals surface area contributed by atoms with Crippen molar-refractivity contribution in [2.24, 2.45) is 5.10 Å². The molecule has 0 bridgehead atoms. The smallest absolute Gasteiger partial charge is 0.287 e. The summed E-state index contributed by atoms with van der Waals surface area (Å²) in [4.78, 5) is 32.1. The first kappa shape index (κ1) is 22.9. The summed E-state index contributed by atoms with van der Waals surface area (Å²) in [7, 11) is 0. The highest BCUT2D eigenvalue weighted by atomic mass is 35.5. The van der Waals surface area contributed by atoms with E-state index in [2.05, 4.69) is 15.1 Å². The van der Waals surface area contributed by atoms with Gasteiger partial charge in [-0.2, -0.15) is 9.78 Å². The Balaban J connectivity index is 1.47. The zero-order chi connectivity index (χ0) is 25.1. The molecule has 0 unspecified atom stereocenters. The van der Waals surface area contributed by atoms with Gasteiger partial charge in [0.05, 0.1) is 27.1 Å². The average Bonchev–Trinajstić information content (AvgIpc) is 2.90. The molecule has 0 spiro atoms. The van der Waals surface area contributed by atoms with E-state index in [1.54, 1.807) is 36.4 Å². The maximum absolute atomic E-state index is 13.2. The van der Waals surface area contributed by atoms with E-state index >= 15 is 0 Å². The van der Waals surface area contributed by atoms with Crippen molar-refractivity contribution >= 4 is 34.4 Å². The number of pyridine rings is 1. The van der Waals surface area contributed by atoms with E-state index in [-0.39, 0.29) is 22.1 Å². The fraction of sp³-hybridized carbons (Fsp3) is 0. The number of fused-ring (bicyclic) bond motifs is 1. The molecule has 0 aliphatic carbocycles. The van der Waals surface area contributed by atoms with Crippen LogP contribution >= 0.6 is 11.6 Å². The number of ether oxygens (including phenoxy) is 1. The first-order chi connectivity index (χ1) is 17.5. The SMILES string of the molecule is O=c1c2ccccc2nc(-c2ccccc2)n1N=Cc1ccc(Oc2ccc([N+](=O)[O-])cn2)c(Cl)c1. The molecule has 0 atom stereocenters. The fourth-order valence-corrected chi connectivity index (χ4v) is 3.69. The van der Waals surface area contributed by atoms with Crippen molar-refractivity contribution in [3.63, 3.8) is 0 Å². The molecule has 5 aromatic rings. The maximum Gasteiger partial charge on any atom is 0.287 e. The summed E-state index contributed by atoms with van der Waals surface area (Å²) in [5.41, 5.74) is 1.49. The van der Waals surface area contributed by atoms with Gasteiger partial charge in [-0.3, -0.25) is 14.9 Å². The molecule has 3 aromatic carbocycles. The van der Waals surface area contributed by atoms with E-state index in [1.807, 2.05) is 36.4 Å². The molecule has 0 N–H and O–H groups in total. The minimum atomic E-state index is -0.544. The highest BCUT2D eigenvalue weighted by Gasteiger charge is 2.13. The highest BCUT2D eigenvalue weighted by Crippen LogP contribution is 2.29. The molecule has 0 fully saturated rings. The Morgan fingerprint density at radius 2 is 1.78 bits per heavy atom. The Morgan fingerprint density at radius 1 is 1.00 bits per heavy atom. The number of nitro groups is 1. The second-order valence-electron chi connectivity index (χ2n) is 7.58. The lowest BCUT2D eigenvalue weighted by Gasteiger charge is -2.10. The molecule has 36 heavy (non-hydrogen) atoms. The van der Waals surface area contributed by atoms with E-state index < -0.39 is 4.92 Å². The van der Waals surface area contributed by atoms with Gasteiger partial charge in [0.2, 0.25) is 5.88 Å². The summed E-state index contributed by atoms with van der Waals surface area (Å²) in [6, 6.07) is 24.0. The van der Waals surface area contributed by atoms with Crippen LogP contribution in [0.5, 0.6) is 11.6 Å². The Bertz CT molecular complexity index is 1670. The molecule has 0 aliphatic rings. The second kappa shape index (κ2) is 9.77. The number of hydrogen-bond donors (Lipinski definition) is 0. The van der Waals surface area contributed by atoms with Gasteiger partial charge in [-0.15, -0.1) is 0 Å². The monoisotopic (exact) mass is 497 g/mol. The molecular formula is C26H16ClN5O4. The fourth-order valence-electron chi connectivity index (χ4n) is 3.46. The third-order valence-electron chi connectivity index (χ3n) is 5.21. The van der Waals surface area contributed by atoms with Gasteiger partial charge in [0.25, 0.3) is 11.2 Å². The van der Waals surface area contributed by atoms with E-state index in [1.165, 1.54) is 23.0 Å². The number of benzene rings is 3. The van der Waals surface area contributed by atoms with Crippen molar-refractivity contribution in [3.8, 4) is 23.0 Å². The lowest BCUT2D eigenvalue weighted by Crippen LogP contribution is -2.20. The van der Waals surface area contributed by atoms with Crippen LogP contribution in [0.2, 0.25) is 5.02 Å². The van der Waals surface area contributed by atoms with Gasteiger partial charge in [0.1, 0.15) is 11.9 Å². The molecule has 10 heteroatoms. The van der Waals surface area contributed by atoms with E-state index in [9.17, 15) is 14.9 Å². The molecule has 0 saturated heterocycles. The van der Waals surface area contributed by atoms with Gasteiger partial charge in [-0.1, -0.05) is 54.1 Å². The lowest BCUT2D eigenvalue weighted by atomic mass is 10.2.